The van der Waals surface area contributed by atoms with Gasteiger partial charge in [0.15, 0.2) is 0 Å². The summed E-state index contributed by atoms with van der Waals surface area (Å²) in [6, 6.07) is 5.90. The van der Waals surface area contributed by atoms with Crippen molar-refractivity contribution in [3.63, 3.8) is 0 Å². The molecule has 1 aliphatic heterocycles. The molecule has 1 aromatic rings. The number of likely N-dealkylation sites (tertiary alicyclic amines) is 1. The predicted octanol–water partition coefficient (Wildman–Crippen LogP) is 3.48. The Labute approximate surface area is 113 Å². The van der Waals surface area contributed by atoms with Gasteiger partial charge in [-0.2, -0.15) is 0 Å². The summed E-state index contributed by atoms with van der Waals surface area (Å²) >= 11 is 12.2. The lowest BCUT2D eigenvalue weighted by Crippen LogP contribution is -2.37. The van der Waals surface area contributed by atoms with Crippen LogP contribution in [0.5, 0.6) is 0 Å². The van der Waals surface area contributed by atoms with Crippen LogP contribution in [0.3, 0.4) is 0 Å². The van der Waals surface area contributed by atoms with E-state index in [1.54, 1.807) is 6.07 Å². The van der Waals surface area contributed by atoms with Crippen LogP contribution in [0.25, 0.3) is 0 Å². The Balaban J connectivity index is 2.21. The Morgan fingerprint density at radius 3 is 2.47 bits per heavy atom. The molecule has 17 heavy (non-hydrogen) atoms. The first-order valence-electron chi connectivity index (χ1n) is 6.11. The molecule has 0 aliphatic carbocycles. The average Bonchev–Trinajstić information content (AvgIpc) is 2.34. The molecule has 0 aromatic heterocycles. The molecule has 1 aliphatic rings. The Kier molecular flexibility index (Phi) is 4.69. The van der Waals surface area contributed by atoms with Crippen LogP contribution in [0.2, 0.25) is 10.0 Å². The summed E-state index contributed by atoms with van der Waals surface area (Å²) in [4.78, 5) is 2.43. The van der Waals surface area contributed by atoms with Gasteiger partial charge in [-0.05, 0) is 43.6 Å². The fraction of sp³-hybridized carbons (Fsp3) is 0.538. The van der Waals surface area contributed by atoms with Crippen LogP contribution in [-0.2, 0) is 0 Å². The van der Waals surface area contributed by atoms with Crippen molar-refractivity contribution >= 4 is 23.2 Å². The van der Waals surface area contributed by atoms with Crippen molar-refractivity contribution in [3.05, 3.63) is 33.8 Å². The van der Waals surface area contributed by atoms with Gasteiger partial charge in [0.1, 0.15) is 0 Å². The summed E-state index contributed by atoms with van der Waals surface area (Å²) in [7, 11) is 0. The Morgan fingerprint density at radius 2 is 1.88 bits per heavy atom. The maximum absolute atomic E-state index is 6.26. The standard InChI is InChI=1S/C13H18Cl2N2/c14-10-4-5-11(12(15)8-10)13(9-16)17-6-2-1-3-7-17/h4-5,8,13H,1-3,6-7,9,16H2. The molecule has 0 bridgehead atoms. The minimum atomic E-state index is 0.222. The van der Waals surface area contributed by atoms with Gasteiger partial charge in [-0.1, -0.05) is 35.7 Å². The number of hydrogen-bond donors (Lipinski definition) is 1. The zero-order chi connectivity index (χ0) is 12.3. The highest BCUT2D eigenvalue weighted by atomic mass is 35.5. The molecule has 94 valence electrons. The van der Waals surface area contributed by atoms with E-state index in [0.717, 1.165) is 23.7 Å². The van der Waals surface area contributed by atoms with Crippen molar-refractivity contribution in [2.45, 2.75) is 25.3 Å². The van der Waals surface area contributed by atoms with Crippen LogP contribution < -0.4 is 5.73 Å². The molecule has 0 spiro atoms. The summed E-state index contributed by atoms with van der Waals surface area (Å²) in [6.07, 6.45) is 3.82. The molecule has 2 rings (SSSR count). The van der Waals surface area contributed by atoms with E-state index in [1.165, 1.54) is 19.3 Å². The number of benzene rings is 1. The quantitative estimate of drug-likeness (QED) is 0.913. The Bertz CT molecular complexity index is 376. The van der Waals surface area contributed by atoms with Gasteiger partial charge in [0.25, 0.3) is 0 Å². The first kappa shape index (κ1) is 13.2. The maximum Gasteiger partial charge on any atom is 0.0485 e. The van der Waals surface area contributed by atoms with Gasteiger partial charge in [0.2, 0.25) is 0 Å². The SMILES string of the molecule is NCC(c1ccc(Cl)cc1Cl)N1CCCCC1. The molecular formula is C13H18Cl2N2. The third kappa shape index (κ3) is 3.14. The number of hydrogen-bond acceptors (Lipinski definition) is 2. The van der Waals surface area contributed by atoms with E-state index in [4.69, 9.17) is 28.9 Å². The second kappa shape index (κ2) is 6.05. The molecule has 0 saturated carbocycles. The lowest BCUT2D eigenvalue weighted by Gasteiger charge is -2.34. The highest BCUT2D eigenvalue weighted by Gasteiger charge is 2.22. The molecule has 1 aromatic carbocycles. The van der Waals surface area contributed by atoms with Crippen LogP contribution in [0.15, 0.2) is 18.2 Å². The lowest BCUT2D eigenvalue weighted by molar-refractivity contribution is 0.167. The van der Waals surface area contributed by atoms with Gasteiger partial charge < -0.3 is 5.73 Å². The largest absolute Gasteiger partial charge is 0.329 e. The fourth-order valence-corrected chi connectivity index (χ4v) is 3.01. The molecule has 1 fully saturated rings. The highest BCUT2D eigenvalue weighted by molar-refractivity contribution is 6.35. The van der Waals surface area contributed by atoms with Crippen molar-refractivity contribution in [1.82, 2.24) is 4.90 Å². The normalized spacial score (nSPS) is 19.2. The predicted molar refractivity (Wildman–Crippen MR) is 73.7 cm³/mol. The lowest BCUT2D eigenvalue weighted by atomic mass is 10.0. The van der Waals surface area contributed by atoms with Gasteiger partial charge in [-0.15, -0.1) is 0 Å². The number of piperidine rings is 1. The topological polar surface area (TPSA) is 29.3 Å². The van der Waals surface area contributed by atoms with Crippen molar-refractivity contribution in [2.75, 3.05) is 19.6 Å². The average molecular weight is 273 g/mol. The van der Waals surface area contributed by atoms with Crippen LogP contribution >= 0.6 is 23.2 Å². The molecule has 1 saturated heterocycles. The van der Waals surface area contributed by atoms with E-state index < -0.39 is 0 Å². The van der Waals surface area contributed by atoms with Gasteiger partial charge in [0.05, 0.1) is 0 Å². The third-order valence-corrected chi connectivity index (χ3v) is 3.94. The molecule has 1 atom stereocenters. The molecule has 0 amide bonds. The minimum Gasteiger partial charge on any atom is -0.329 e. The van der Waals surface area contributed by atoms with E-state index in [0.29, 0.717) is 11.6 Å². The third-order valence-electron chi connectivity index (χ3n) is 3.38. The summed E-state index contributed by atoms with van der Waals surface area (Å²) in [6.45, 7) is 2.82. The van der Waals surface area contributed by atoms with Crippen LogP contribution in [0.4, 0.5) is 0 Å². The monoisotopic (exact) mass is 272 g/mol. The zero-order valence-electron chi connectivity index (χ0n) is 9.83. The highest BCUT2D eigenvalue weighted by Crippen LogP contribution is 2.30. The summed E-state index contributed by atoms with van der Waals surface area (Å²) in [5.41, 5.74) is 7.01. The van der Waals surface area contributed by atoms with E-state index in [9.17, 15) is 0 Å². The Hall–Kier alpha value is -0.280. The maximum atomic E-state index is 6.26. The van der Waals surface area contributed by atoms with Crippen molar-refractivity contribution in [1.29, 1.82) is 0 Å². The zero-order valence-corrected chi connectivity index (χ0v) is 11.3. The number of halogens is 2. The van der Waals surface area contributed by atoms with E-state index in [1.807, 2.05) is 12.1 Å². The fourth-order valence-electron chi connectivity index (χ4n) is 2.47. The summed E-state index contributed by atoms with van der Waals surface area (Å²) in [5.74, 6) is 0. The van der Waals surface area contributed by atoms with E-state index in [-0.39, 0.29) is 6.04 Å². The first-order valence-corrected chi connectivity index (χ1v) is 6.87. The number of nitrogens with zero attached hydrogens (tertiary/aromatic N) is 1. The molecule has 2 nitrogen and oxygen atoms in total. The smallest absolute Gasteiger partial charge is 0.0485 e. The van der Waals surface area contributed by atoms with Crippen LogP contribution in [-0.4, -0.2) is 24.5 Å². The first-order chi connectivity index (χ1) is 8.22. The molecule has 1 heterocycles. The van der Waals surface area contributed by atoms with E-state index >= 15 is 0 Å². The number of nitrogens with two attached hydrogens (primary N) is 1. The van der Waals surface area contributed by atoms with Crippen molar-refractivity contribution in [3.8, 4) is 0 Å². The minimum absolute atomic E-state index is 0.222. The van der Waals surface area contributed by atoms with Gasteiger partial charge in [-0.3, -0.25) is 4.90 Å². The summed E-state index contributed by atoms with van der Waals surface area (Å²) < 4.78 is 0. The second-order valence-corrected chi connectivity index (χ2v) is 5.36. The van der Waals surface area contributed by atoms with Crippen LogP contribution in [0.1, 0.15) is 30.9 Å². The van der Waals surface area contributed by atoms with Gasteiger partial charge in [-0.25, -0.2) is 0 Å². The molecule has 2 N–H and O–H groups in total. The Morgan fingerprint density at radius 1 is 1.18 bits per heavy atom. The van der Waals surface area contributed by atoms with Gasteiger partial charge in [0, 0.05) is 22.6 Å². The summed E-state index contributed by atoms with van der Waals surface area (Å²) in [5, 5.41) is 1.40. The molecule has 4 heteroatoms. The number of rotatable bonds is 3. The van der Waals surface area contributed by atoms with Crippen molar-refractivity contribution < 1.29 is 0 Å². The second-order valence-electron chi connectivity index (χ2n) is 4.51. The van der Waals surface area contributed by atoms with E-state index in [2.05, 4.69) is 4.90 Å². The van der Waals surface area contributed by atoms with Crippen LogP contribution in [0, 0.1) is 0 Å². The molecule has 0 radical (unpaired) electrons. The molecular weight excluding hydrogens is 255 g/mol. The molecule has 1 unspecified atom stereocenters. The van der Waals surface area contributed by atoms with Crippen molar-refractivity contribution in [2.24, 2.45) is 5.73 Å². The van der Waals surface area contributed by atoms with Gasteiger partial charge >= 0.3 is 0 Å².